The van der Waals surface area contributed by atoms with Crippen LogP contribution < -0.4 is 5.32 Å². The van der Waals surface area contributed by atoms with Crippen LogP contribution in [0, 0.1) is 0 Å². The first-order chi connectivity index (χ1) is 8.74. The lowest BCUT2D eigenvalue weighted by Crippen LogP contribution is -2.49. The molecular weight excluding hydrogens is 272 g/mol. The second kappa shape index (κ2) is 6.23. The summed E-state index contributed by atoms with van der Waals surface area (Å²) in [5.74, 6) is -1.48. The Morgan fingerprint density at radius 3 is 2.37 bits per heavy atom. The molecule has 2 N–H and O–H groups in total. The van der Waals surface area contributed by atoms with Gasteiger partial charge in [0.25, 0.3) is 0 Å². The number of carbonyl (C=O) groups is 2. The van der Waals surface area contributed by atoms with E-state index < -0.39 is 27.9 Å². The number of carbonyl (C=O) groups excluding carboxylic acids is 1. The monoisotopic (exact) mass is 292 g/mol. The van der Waals surface area contributed by atoms with E-state index in [1.807, 2.05) is 6.92 Å². The number of rotatable bonds is 7. The molecule has 19 heavy (non-hydrogen) atoms. The highest BCUT2D eigenvalue weighted by Crippen LogP contribution is 2.26. The van der Waals surface area contributed by atoms with Gasteiger partial charge in [0, 0.05) is 18.8 Å². The summed E-state index contributed by atoms with van der Waals surface area (Å²) in [6.07, 6.45) is 2.78. The second-order valence-corrected chi connectivity index (χ2v) is 7.04. The van der Waals surface area contributed by atoms with Gasteiger partial charge in [-0.15, -0.1) is 0 Å². The molecule has 0 aromatic carbocycles. The normalized spacial score (nSPS) is 16.7. The summed E-state index contributed by atoms with van der Waals surface area (Å²) in [7, 11) is -3.25. The van der Waals surface area contributed by atoms with E-state index in [2.05, 4.69) is 5.32 Å². The number of urea groups is 1. The maximum atomic E-state index is 11.9. The molecule has 7 nitrogen and oxygen atoms in total. The lowest BCUT2D eigenvalue weighted by molar-refractivity contribution is -0.139. The second-order valence-electron chi connectivity index (χ2n) is 4.78. The molecule has 1 aliphatic rings. The fraction of sp³-hybridized carbons (Fsp3) is 0.818. The Balaban J connectivity index is 2.57. The van der Waals surface area contributed by atoms with Crippen LogP contribution in [0.4, 0.5) is 4.79 Å². The van der Waals surface area contributed by atoms with E-state index in [1.54, 1.807) is 4.90 Å². The standard InChI is InChI=1S/C11H20N2O5S/c1-3-13(8-4-5-8)11(16)12-9(10(14)15)6-7-19(2,17)18/h8-9H,3-7H2,1-2H3,(H,12,16)(H,14,15). The van der Waals surface area contributed by atoms with Crippen molar-refractivity contribution in [1.29, 1.82) is 0 Å². The molecule has 1 aliphatic carbocycles. The van der Waals surface area contributed by atoms with E-state index >= 15 is 0 Å². The van der Waals surface area contributed by atoms with E-state index in [9.17, 15) is 18.0 Å². The van der Waals surface area contributed by atoms with E-state index in [0.29, 0.717) is 6.54 Å². The first kappa shape index (κ1) is 15.7. The van der Waals surface area contributed by atoms with Crippen LogP contribution in [0.25, 0.3) is 0 Å². The average Bonchev–Trinajstić information content (AvgIpc) is 3.07. The lowest BCUT2D eigenvalue weighted by Gasteiger charge is -2.23. The van der Waals surface area contributed by atoms with Crippen LogP contribution in [0.2, 0.25) is 0 Å². The lowest BCUT2D eigenvalue weighted by atomic mass is 10.2. The van der Waals surface area contributed by atoms with Crippen molar-refractivity contribution in [1.82, 2.24) is 10.2 Å². The maximum Gasteiger partial charge on any atom is 0.326 e. The van der Waals surface area contributed by atoms with Crippen LogP contribution in [0.5, 0.6) is 0 Å². The minimum Gasteiger partial charge on any atom is -0.480 e. The number of carboxylic acids is 1. The molecule has 0 radical (unpaired) electrons. The third-order valence-electron chi connectivity index (χ3n) is 2.96. The molecule has 0 heterocycles. The maximum absolute atomic E-state index is 11.9. The van der Waals surface area contributed by atoms with Crippen LogP contribution >= 0.6 is 0 Å². The Morgan fingerprint density at radius 1 is 1.42 bits per heavy atom. The van der Waals surface area contributed by atoms with Gasteiger partial charge in [-0.05, 0) is 26.2 Å². The van der Waals surface area contributed by atoms with Crippen molar-refractivity contribution >= 4 is 21.8 Å². The molecule has 110 valence electrons. The van der Waals surface area contributed by atoms with E-state index in [4.69, 9.17) is 5.11 Å². The first-order valence-corrected chi connectivity index (χ1v) is 8.28. The fourth-order valence-electron chi connectivity index (χ4n) is 1.78. The van der Waals surface area contributed by atoms with Crippen molar-refractivity contribution in [3.05, 3.63) is 0 Å². The Bertz CT molecular complexity index is 444. The molecular formula is C11H20N2O5S. The van der Waals surface area contributed by atoms with Gasteiger partial charge in [0.1, 0.15) is 15.9 Å². The number of hydrogen-bond donors (Lipinski definition) is 2. The van der Waals surface area contributed by atoms with Gasteiger partial charge in [-0.25, -0.2) is 18.0 Å². The number of sulfone groups is 1. The highest BCUT2D eigenvalue weighted by molar-refractivity contribution is 7.90. The summed E-state index contributed by atoms with van der Waals surface area (Å²) in [6.45, 7) is 2.33. The van der Waals surface area contributed by atoms with Crippen LogP contribution in [-0.2, 0) is 14.6 Å². The third-order valence-corrected chi connectivity index (χ3v) is 3.94. The minimum atomic E-state index is -3.25. The van der Waals surface area contributed by atoms with Crippen molar-refractivity contribution in [2.24, 2.45) is 0 Å². The zero-order valence-corrected chi connectivity index (χ0v) is 11.9. The van der Waals surface area contributed by atoms with Gasteiger partial charge in [-0.2, -0.15) is 0 Å². The first-order valence-electron chi connectivity index (χ1n) is 6.22. The quantitative estimate of drug-likeness (QED) is 0.691. The molecule has 0 aliphatic heterocycles. The highest BCUT2D eigenvalue weighted by atomic mass is 32.2. The number of aliphatic carboxylic acids is 1. The molecule has 1 fully saturated rings. The van der Waals surface area contributed by atoms with Crippen molar-refractivity contribution in [3.63, 3.8) is 0 Å². The Labute approximate surface area is 112 Å². The number of hydrogen-bond acceptors (Lipinski definition) is 4. The molecule has 1 unspecified atom stereocenters. The molecule has 0 bridgehead atoms. The van der Waals surface area contributed by atoms with Gasteiger partial charge >= 0.3 is 12.0 Å². The zero-order chi connectivity index (χ0) is 14.6. The number of carboxylic acid groups (broad SMARTS) is 1. The predicted octanol–water partition coefficient (Wildman–Crippen LogP) is 0.0682. The highest BCUT2D eigenvalue weighted by Gasteiger charge is 2.33. The summed E-state index contributed by atoms with van der Waals surface area (Å²) >= 11 is 0. The van der Waals surface area contributed by atoms with Crippen LogP contribution in [-0.4, -0.2) is 61.1 Å². The summed E-state index contributed by atoms with van der Waals surface area (Å²) in [4.78, 5) is 24.5. The molecule has 1 saturated carbocycles. The minimum absolute atomic E-state index is 0.123. The molecule has 0 aromatic rings. The average molecular weight is 292 g/mol. The van der Waals surface area contributed by atoms with Gasteiger partial charge in [0.05, 0.1) is 5.75 Å². The Kier molecular flexibility index (Phi) is 5.16. The third kappa shape index (κ3) is 5.46. The molecule has 8 heteroatoms. The number of nitrogens with one attached hydrogen (secondary N) is 1. The molecule has 1 atom stereocenters. The van der Waals surface area contributed by atoms with Crippen molar-refractivity contribution in [3.8, 4) is 0 Å². The van der Waals surface area contributed by atoms with Crippen LogP contribution in [0.3, 0.4) is 0 Å². The Morgan fingerprint density at radius 2 is 2.00 bits per heavy atom. The van der Waals surface area contributed by atoms with E-state index in [1.165, 1.54) is 0 Å². The number of amides is 2. The van der Waals surface area contributed by atoms with Gasteiger partial charge in [0.2, 0.25) is 0 Å². The summed E-state index contributed by atoms with van der Waals surface area (Å²) < 4.78 is 22.1. The summed E-state index contributed by atoms with van der Waals surface area (Å²) in [6, 6.07) is -1.42. The van der Waals surface area contributed by atoms with Crippen LogP contribution in [0.1, 0.15) is 26.2 Å². The van der Waals surface area contributed by atoms with Gasteiger partial charge in [-0.3, -0.25) is 0 Å². The summed E-state index contributed by atoms with van der Waals surface area (Å²) in [5.41, 5.74) is 0. The smallest absolute Gasteiger partial charge is 0.326 e. The van der Waals surface area contributed by atoms with Gasteiger partial charge < -0.3 is 15.3 Å². The molecule has 0 saturated heterocycles. The topological polar surface area (TPSA) is 104 Å². The molecule has 2 amide bonds. The van der Waals surface area contributed by atoms with Gasteiger partial charge in [-0.1, -0.05) is 0 Å². The van der Waals surface area contributed by atoms with E-state index in [-0.39, 0.29) is 18.2 Å². The SMILES string of the molecule is CCN(C(=O)NC(CCS(C)(=O)=O)C(=O)O)C1CC1. The van der Waals surface area contributed by atoms with E-state index in [0.717, 1.165) is 19.1 Å². The Hall–Kier alpha value is -1.31. The molecule has 1 rings (SSSR count). The largest absolute Gasteiger partial charge is 0.480 e. The van der Waals surface area contributed by atoms with Crippen molar-refractivity contribution in [2.75, 3.05) is 18.6 Å². The zero-order valence-electron chi connectivity index (χ0n) is 11.1. The molecule has 0 aromatic heterocycles. The van der Waals surface area contributed by atoms with Crippen LogP contribution in [0.15, 0.2) is 0 Å². The summed E-state index contributed by atoms with van der Waals surface area (Å²) in [5, 5.41) is 11.4. The molecule has 0 spiro atoms. The predicted molar refractivity (Wildman–Crippen MR) is 69.7 cm³/mol. The number of nitrogens with zero attached hydrogens (tertiary/aromatic N) is 1. The van der Waals surface area contributed by atoms with Crippen molar-refractivity contribution in [2.45, 2.75) is 38.3 Å². The fourth-order valence-corrected chi connectivity index (χ4v) is 2.44. The van der Waals surface area contributed by atoms with Gasteiger partial charge in [0.15, 0.2) is 0 Å². The van der Waals surface area contributed by atoms with Crippen molar-refractivity contribution < 1.29 is 23.1 Å².